The number of hydrogen-bond donors (Lipinski definition) is 1. The van der Waals surface area contributed by atoms with Gasteiger partial charge in [-0.3, -0.25) is 9.59 Å². The molecule has 0 unspecified atom stereocenters. The standard InChI is InChI=1S/C26H32N4O4/c1-18-25(31)28(2)23-8-7-21(17-24(23)30(18)22-9-13-33-14-10-22)27-20-5-3-19(4-6-20)26(32)29-11-15-34-16-12-29/h3-8,17-18,22,27H,9-16H2,1-2H3/t18-/m1/s1. The molecule has 2 amide bonds. The lowest BCUT2D eigenvalue weighted by atomic mass is 9.99. The third kappa shape index (κ3) is 4.35. The Hall–Kier alpha value is -3.10. The quantitative estimate of drug-likeness (QED) is 0.749. The first-order valence-electron chi connectivity index (χ1n) is 12.0. The number of hydrogen-bond acceptors (Lipinski definition) is 6. The largest absolute Gasteiger partial charge is 0.381 e. The maximum atomic E-state index is 12.9. The monoisotopic (exact) mass is 464 g/mol. The fraction of sp³-hybridized carbons (Fsp3) is 0.462. The van der Waals surface area contributed by atoms with Crippen LogP contribution in [-0.4, -0.2) is 75.4 Å². The van der Waals surface area contributed by atoms with Crippen molar-refractivity contribution in [3.63, 3.8) is 0 Å². The minimum absolute atomic E-state index is 0.0393. The van der Waals surface area contributed by atoms with E-state index in [0.29, 0.717) is 31.9 Å². The fourth-order valence-electron chi connectivity index (χ4n) is 5.11. The Bertz CT molecular complexity index is 1050. The zero-order chi connectivity index (χ0) is 23.7. The van der Waals surface area contributed by atoms with Crippen LogP contribution in [0.3, 0.4) is 0 Å². The van der Waals surface area contributed by atoms with Crippen LogP contribution in [0.5, 0.6) is 0 Å². The van der Waals surface area contributed by atoms with Gasteiger partial charge in [-0.05, 0) is 62.2 Å². The molecule has 0 aromatic heterocycles. The van der Waals surface area contributed by atoms with Crippen molar-refractivity contribution >= 4 is 34.6 Å². The zero-order valence-corrected chi connectivity index (χ0v) is 19.8. The molecule has 2 saturated heterocycles. The van der Waals surface area contributed by atoms with E-state index in [-0.39, 0.29) is 23.9 Å². The number of morpholine rings is 1. The molecule has 0 bridgehead atoms. The molecule has 0 saturated carbocycles. The predicted molar refractivity (Wildman–Crippen MR) is 132 cm³/mol. The van der Waals surface area contributed by atoms with Crippen molar-refractivity contribution in [2.45, 2.75) is 31.8 Å². The maximum absolute atomic E-state index is 12.9. The molecule has 5 rings (SSSR count). The highest BCUT2D eigenvalue weighted by molar-refractivity contribution is 6.05. The third-order valence-corrected chi connectivity index (χ3v) is 7.02. The molecule has 2 aromatic carbocycles. The number of nitrogens with one attached hydrogen (secondary N) is 1. The van der Waals surface area contributed by atoms with Crippen LogP contribution in [-0.2, 0) is 14.3 Å². The van der Waals surface area contributed by atoms with Crippen LogP contribution in [0.15, 0.2) is 42.5 Å². The van der Waals surface area contributed by atoms with Crippen LogP contribution in [0.25, 0.3) is 0 Å². The first kappa shape index (κ1) is 22.7. The fourth-order valence-corrected chi connectivity index (χ4v) is 5.11. The van der Waals surface area contributed by atoms with Gasteiger partial charge in [0.25, 0.3) is 5.91 Å². The van der Waals surface area contributed by atoms with Gasteiger partial charge >= 0.3 is 0 Å². The van der Waals surface area contributed by atoms with Crippen molar-refractivity contribution < 1.29 is 19.1 Å². The van der Waals surface area contributed by atoms with Crippen molar-refractivity contribution in [3.05, 3.63) is 48.0 Å². The van der Waals surface area contributed by atoms with Crippen LogP contribution < -0.4 is 15.1 Å². The van der Waals surface area contributed by atoms with Crippen LogP contribution in [0, 0.1) is 0 Å². The number of rotatable bonds is 4. The summed E-state index contributed by atoms with van der Waals surface area (Å²) in [5, 5.41) is 3.46. The van der Waals surface area contributed by atoms with Crippen LogP contribution in [0.4, 0.5) is 22.7 Å². The van der Waals surface area contributed by atoms with E-state index in [1.807, 2.05) is 55.3 Å². The van der Waals surface area contributed by atoms with Gasteiger partial charge in [0, 0.05) is 56.3 Å². The number of ether oxygens (including phenoxy) is 2. The second kappa shape index (κ2) is 9.64. The molecule has 8 heteroatoms. The number of carbonyl (C=O) groups excluding carboxylic acids is 2. The lowest BCUT2D eigenvalue weighted by Gasteiger charge is -2.45. The summed E-state index contributed by atoms with van der Waals surface area (Å²) < 4.78 is 10.9. The second-order valence-electron chi connectivity index (χ2n) is 9.13. The number of likely N-dealkylation sites (N-methyl/N-ethyl adjacent to an activating group) is 1. The summed E-state index contributed by atoms with van der Waals surface area (Å²) in [5.41, 5.74) is 4.51. The normalized spacial score (nSPS) is 21.4. The molecule has 0 radical (unpaired) electrons. The smallest absolute Gasteiger partial charge is 0.254 e. The number of nitrogens with zero attached hydrogens (tertiary/aromatic N) is 3. The molecule has 8 nitrogen and oxygen atoms in total. The summed E-state index contributed by atoms with van der Waals surface area (Å²) in [6.07, 6.45) is 1.83. The number of anilines is 4. The van der Waals surface area contributed by atoms with Gasteiger partial charge in [-0.1, -0.05) is 0 Å². The van der Waals surface area contributed by atoms with Crippen molar-refractivity contribution in [2.24, 2.45) is 0 Å². The molecule has 2 aromatic rings. The van der Waals surface area contributed by atoms with Crippen molar-refractivity contribution in [1.82, 2.24) is 4.90 Å². The van der Waals surface area contributed by atoms with E-state index < -0.39 is 0 Å². The summed E-state index contributed by atoms with van der Waals surface area (Å²) in [7, 11) is 1.84. The highest BCUT2D eigenvalue weighted by Crippen LogP contribution is 2.40. The highest BCUT2D eigenvalue weighted by atomic mass is 16.5. The molecule has 0 aliphatic carbocycles. The van der Waals surface area contributed by atoms with E-state index in [0.717, 1.165) is 48.8 Å². The first-order valence-corrected chi connectivity index (χ1v) is 12.0. The molecule has 180 valence electrons. The van der Waals surface area contributed by atoms with Crippen LogP contribution >= 0.6 is 0 Å². The molecule has 3 aliphatic rings. The predicted octanol–water partition coefficient (Wildman–Crippen LogP) is 3.25. The van der Waals surface area contributed by atoms with Gasteiger partial charge < -0.3 is 29.5 Å². The molecule has 1 atom stereocenters. The Morgan fingerprint density at radius 3 is 2.26 bits per heavy atom. The van der Waals surface area contributed by atoms with Gasteiger partial charge in [0.1, 0.15) is 6.04 Å². The van der Waals surface area contributed by atoms with Gasteiger partial charge in [0.2, 0.25) is 5.91 Å². The Morgan fingerprint density at radius 1 is 0.912 bits per heavy atom. The van der Waals surface area contributed by atoms with E-state index in [9.17, 15) is 9.59 Å². The topological polar surface area (TPSA) is 74.4 Å². The second-order valence-corrected chi connectivity index (χ2v) is 9.13. The Balaban J connectivity index is 1.36. The summed E-state index contributed by atoms with van der Waals surface area (Å²) in [6.45, 7) is 5.88. The maximum Gasteiger partial charge on any atom is 0.254 e. The Kier molecular flexibility index (Phi) is 6.43. The number of fused-ring (bicyclic) bond motifs is 1. The van der Waals surface area contributed by atoms with Gasteiger partial charge in [-0.15, -0.1) is 0 Å². The Labute approximate surface area is 200 Å². The van der Waals surface area contributed by atoms with E-state index in [1.54, 1.807) is 4.90 Å². The van der Waals surface area contributed by atoms with Gasteiger partial charge in [0.05, 0.1) is 24.6 Å². The van der Waals surface area contributed by atoms with Gasteiger partial charge in [-0.2, -0.15) is 0 Å². The lowest BCUT2D eigenvalue weighted by Crippen LogP contribution is -2.55. The summed E-state index contributed by atoms with van der Waals surface area (Å²) in [5.74, 6) is 0.151. The molecular weight excluding hydrogens is 432 g/mol. The number of carbonyl (C=O) groups is 2. The SMILES string of the molecule is C[C@@H]1C(=O)N(C)c2ccc(Nc3ccc(C(=O)N4CCOCC4)cc3)cc2N1C1CCOCC1. The highest BCUT2D eigenvalue weighted by Gasteiger charge is 2.38. The number of benzene rings is 2. The minimum atomic E-state index is -0.221. The van der Waals surface area contributed by atoms with Gasteiger partial charge in [-0.25, -0.2) is 0 Å². The molecular formula is C26H32N4O4. The van der Waals surface area contributed by atoms with Crippen molar-refractivity contribution in [1.29, 1.82) is 0 Å². The van der Waals surface area contributed by atoms with Gasteiger partial charge in [0.15, 0.2) is 0 Å². The van der Waals surface area contributed by atoms with Crippen LogP contribution in [0.1, 0.15) is 30.1 Å². The molecule has 2 fully saturated rings. The molecule has 3 heterocycles. The lowest BCUT2D eigenvalue weighted by molar-refractivity contribution is -0.119. The first-order chi connectivity index (χ1) is 16.5. The average Bonchev–Trinajstić information content (AvgIpc) is 2.89. The zero-order valence-electron chi connectivity index (χ0n) is 19.8. The molecule has 3 aliphatic heterocycles. The summed E-state index contributed by atoms with van der Waals surface area (Å²) in [6, 6.07) is 13.8. The van der Waals surface area contributed by atoms with E-state index in [2.05, 4.69) is 16.3 Å². The van der Waals surface area contributed by atoms with E-state index >= 15 is 0 Å². The molecule has 1 N–H and O–H groups in total. The van der Waals surface area contributed by atoms with E-state index in [1.165, 1.54) is 0 Å². The number of amides is 2. The molecule has 34 heavy (non-hydrogen) atoms. The summed E-state index contributed by atoms with van der Waals surface area (Å²) >= 11 is 0. The molecule has 0 spiro atoms. The van der Waals surface area contributed by atoms with Crippen molar-refractivity contribution in [2.75, 3.05) is 61.7 Å². The van der Waals surface area contributed by atoms with Crippen molar-refractivity contribution in [3.8, 4) is 0 Å². The average molecular weight is 465 g/mol. The Morgan fingerprint density at radius 2 is 1.56 bits per heavy atom. The van der Waals surface area contributed by atoms with Crippen LogP contribution in [0.2, 0.25) is 0 Å². The summed E-state index contributed by atoms with van der Waals surface area (Å²) in [4.78, 5) is 31.5. The minimum Gasteiger partial charge on any atom is -0.381 e. The third-order valence-electron chi connectivity index (χ3n) is 7.02. The van der Waals surface area contributed by atoms with E-state index in [4.69, 9.17) is 9.47 Å².